The summed E-state index contributed by atoms with van der Waals surface area (Å²) in [4.78, 5) is 0. The summed E-state index contributed by atoms with van der Waals surface area (Å²) in [5.41, 5.74) is 0. The summed E-state index contributed by atoms with van der Waals surface area (Å²) in [6.07, 6.45) is -13.2. The monoisotopic (exact) mass is 286 g/mol. The lowest BCUT2D eigenvalue weighted by atomic mass is 10.1. The van der Waals surface area contributed by atoms with Gasteiger partial charge < -0.3 is 0 Å². The largest absolute Gasteiger partial charge is 0.455 e. The fourth-order valence-electron chi connectivity index (χ4n) is 0.515. The molecule has 0 aromatic rings. The van der Waals surface area contributed by atoms with Gasteiger partial charge in [-0.25, -0.2) is 0 Å². The summed E-state index contributed by atoms with van der Waals surface area (Å²) in [7, 11) is 0. The number of rotatable bonds is 2. The highest BCUT2D eigenvalue weighted by Gasteiger charge is 2.75. The van der Waals surface area contributed by atoms with Crippen LogP contribution in [0.15, 0.2) is 0 Å². The van der Waals surface area contributed by atoms with Crippen molar-refractivity contribution < 1.29 is 43.9 Å². The molecule has 0 aromatic heterocycles. The van der Waals surface area contributed by atoms with E-state index in [0.717, 1.165) is 0 Å². The van der Waals surface area contributed by atoms with Crippen LogP contribution in [-0.2, 0) is 0 Å². The number of halogens is 11. The van der Waals surface area contributed by atoms with Crippen LogP contribution in [0, 0.1) is 0 Å². The quantitative estimate of drug-likeness (QED) is 0.532. The molecule has 0 heterocycles. The number of alkyl halides is 11. The van der Waals surface area contributed by atoms with Crippen LogP contribution in [0.4, 0.5) is 43.9 Å². The van der Waals surface area contributed by atoms with Crippen molar-refractivity contribution in [1.82, 2.24) is 0 Å². The summed E-state index contributed by atoms with van der Waals surface area (Å²) in [6, 6.07) is 0. The molecule has 0 saturated carbocycles. The van der Waals surface area contributed by atoms with Crippen molar-refractivity contribution in [3.63, 3.8) is 0 Å². The van der Waals surface area contributed by atoms with Crippen LogP contribution in [0.3, 0.4) is 0 Å². The highest BCUT2D eigenvalue weighted by atomic mass is 35.5. The molecule has 0 amide bonds. The van der Waals surface area contributed by atoms with Crippen LogP contribution < -0.4 is 0 Å². The smallest absolute Gasteiger partial charge is 0.194 e. The maximum Gasteiger partial charge on any atom is 0.455 e. The molecule has 16 heavy (non-hydrogen) atoms. The molecular formula is C5HClF10. The Hall–Kier alpha value is -0.410. The van der Waals surface area contributed by atoms with Gasteiger partial charge in [0.15, 0.2) is 5.38 Å². The van der Waals surface area contributed by atoms with E-state index in [0.29, 0.717) is 0 Å². The molecule has 0 nitrogen and oxygen atoms in total. The minimum absolute atomic E-state index is 3.89. The van der Waals surface area contributed by atoms with Gasteiger partial charge in [0.25, 0.3) is 0 Å². The van der Waals surface area contributed by atoms with Gasteiger partial charge in [-0.2, -0.15) is 43.9 Å². The molecule has 0 atom stereocenters. The van der Waals surface area contributed by atoms with Gasteiger partial charge in [0.2, 0.25) is 0 Å². The van der Waals surface area contributed by atoms with E-state index < -0.39 is 29.6 Å². The molecule has 0 aromatic carbocycles. The average Bonchev–Trinajstić information content (AvgIpc) is 1.98. The lowest BCUT2D eigenvalue weighted by molar-refractivity contribution is -0.338. The molecule has 11 heteroatoms. The first-order valence-electron chi connectivity index (χ1n) is 3.19. The molecule has 0 saturated heterocycles. The second-order valence-corrected chi connectivity index (χ2v) is 3.04. The van der Waals surface area contributed by atoms with Crippen LogP contribution in [0.5, 0.6) is 0 Å². The fourth-order valence-corrected chi connectivity index (χ4v) is 0.762. The Kier molecular flexibility index (Phi) is 3.71. The van der Waals surface area contributed by atoms with Gasteiger partial charge in [0.05, 0.1) is 0 Å². The van der Waals surface area contributed by atoms with Gasteiger partial charge in [-0.3, -0.25) is 0 Å². The first-order chi connectivity index (χ1) is 6.65. The molecule has 0 fully saturated rings. The van der Waals surface area contributed by atoms with Crippen LogP contribution in [0.25, 0.3) is 0 Å². The zero-order valence-corrected chi connectivity index (χ0v) is 7.49. The number of hydrogen-bond acceptors (Lipinski definition) is 0. The maximum atomic E-state index is 12.1. The summed E-state index contributed by atoms with van der Waals surface area (Å²) in [6.45, 7) is 0. The molecule has 0 radical (unpaired) electrons. The van der Waals surface area contributed by atoms with E-state index in [9.17, 15) is 43.9 Å². The van der Waals surface area contributed by atoms with Crippen molar-refractivity contribution in [3.05, 3.63) is 0 Å². The predicted molar refractivity (Wildman–Crippen MR) is 31.6 cm³/mol. The summed E-state index contributed by atoms with van der Waals surface area (Å²) in [5.74, 6) is -12.7. The van der Waals surface area contributed by atoms with E-state index >= 15 is 0 Å². The van der Waals surface area contributed by atoms with Gasteiger partial charge in [-0.05, 0) is 0 Å². The second kappa shape index (κ2) is 3.81. The summed E-state index contributed by atoms with van der Waals surface area (Å²) in [5, 5.41) is -4.76. The van der Waals surface area contributed by atoms with E-state index in [4.69, 9.17) is 0 Å². The summed E-state index contributed by atoms with van der Waals surface area (Å²) >= 11 is 3.89. The zero-order chi connectivity index (χ0) is 13.6. The van der Waals surface area contributed by atoms with Crippen LogP contribution >= 0.6 is 11.6 Å². The Bertz CT molecular complexity index is 223. The highest BCUT2D eigenvalue weighted by molar-refractivity contribution is 6.22. The van der Waals surface area contributed by atoms with Crippen molar-refractivity contribution in [1.29, 1.82) is 0 Å². The molecule has 98 valence electrons. The third-order valence-electron chi connectivity index (χ3n) is 1.39. The molecule has 0 aliphatic heterocycles. The SMILES string of the molecule is FC(F)(F)C(F)(F)C(Cl)C(F)(F)C(F)(F)F. The molecule has 0 aliphatic rings. The lowest BCUT2D eigenvalue weighted by Gasteiger charge is -2.30. The Morgan fingerprint density at radius 3 is 0.875 bits per heavy atom. The first-order valence-corrected chi connectivity index (χ1v) is 3.62. The zero-order valence-electron chi connectivity index (χ0n) is 6.73. The van der Waals surface area contributed by atoms with Crippen molar-refractivity contribution in [2.45, 2.75) is 29.6 Å². The van der Waals surface area contributed by atoms with E-state index in [1.54, 1.807) is 0 Å². The fraction of sp³-hybridized carbons (Fsp3) is 1.00. The highest BCUT2D eigenvalue weighted by Crippen LogP contribution is 2.50. The third-order valence-corrected chi connectivity index (χ3v) is 1.94. The molecule has 0 spiro atoms. The Morgan fingerprint density at radius 2 is 0.750 bits per heavy atom. The molecule has 0 N–H and O–H groups in total. The van der Waals surface area contributed by atoms with Crippen molar-refractivity contribution in [2.24, 2.45) is 0 Å². The molecule has 0 rings (SSSR count). The lowest BCUT2D eigenvalue weighted by Crippen LogP contribution is -2.57. The third kappa shape index (κ3) is 2.46. The van der Waals surface area contributed by atoms with Gasteiger partial charge in [-0.15, -0.1) is 11.6 Å². The van der Waals surface area contributed by atoms with Gasteiger partial charge in [0.1, 0.15) is 0 Å². The van der Waals surface area contributed by atoms with Crippen LogP contribution in [0.1, 0.15) is 0 Å². The van der Waals surface area contributed by atoms with Gasteiger partial charge in [-0.1, -0.05) is 0 Å². The Balaban J connectivity index is 5.30. The van der Waals surface area contributed by atoms with Crippen LogP contribution in [-0.4, -0.2) is 29.6 Å². The molecular weight excluding hydrogens is 285 g/mol. The maximum absolute atomic E-state index is 12.1. The Morgan fingerprint density at radius 1 is 0.562 bits per heavy atom. The average molecular weight is 286 g/mol. The second-order valence-electron chi connectivity index (χ2n) is 2.60. The normalized spacial score (nSPS) is 15.8. The van der Waals surface area contributed by atoms with Crippen molar-refractivity contribution in [2.75, 3.05) is 0 Å². The predicted octanol–water partition coefficient (Wildman–Crippen LogP) is 3.99. The van der Waals surface area contributed by atoms with Crippen molar-refractivity contribution >= 4 is 11.6 Å². The van der Waals surface area contributed by atoms with E-state index in [1.165, 1.54) is 0 Å². The van der Waals surface area contributed by atoms with E-state index in [-0.39, 0.29) is 0 Å². The Labute approximate surface area is 86.2 Å². The standard InChI is InChI=1S/C5HClF10/c6-1(2(7,8)4(11,12)13)3(9,10)5(14,15)16/h1H. The minimum Gasteiger partial charge on any atom is -0.194 e. The minimum atomic E-state index is -6.60. The molecule has 0 unspecified atom stereocenters. The topological polar surface area (TPSA) is 0 Å². The van der Waals surface area contributed by atoms with Crippen molar-refractivity contribution in [3.8, 4) is 0 Å². The molecule has 0 aliphatic carbocycles. The molecule has 0 bridgehead atoms. The van der Waals surface area contributed by atoms with E-state index in [1.807, 2.05) is 0 Å². The van der Waals surface area contributed by atoms with E-state index in [2.05, 4.69) is 11.6 Å². The number of hydrogen-bond donors (Lipinski definition) is 0. The van der Waals surface area contributed by atoms with Gasteiger partial charge >= 0.3 is 24.2 Å². The van der Waals surface area contributed by atoms with Crippen LogP contribution in [0.2, 0.25) is 0 Å². The first kappa shape index (κ1) is 15.6. The van der Waals surface area contributed by atoms with Gasteiger partial charge in [0, 0.05) is 0 Å². The summed E-state index contributed by atoms with van der Waals surface area (Å²) < 4.78 is 117.